The van der Waals surface area contributed by atoms with Crippen molar-refractivity contribution in [3.8, 4) is 11.4 Å². The van der Waals surface area contributed by atoms with Gasteiger partial charge in [0.25, 0.3) is 5.78 Å². The second-order valence-corrected chi connectivity index (χ2v) is 5.97. The van der Waals surface area contributed by atoms with Crippen molar-refractivity contribution in [2.45, 2.75) is 20.3 Å². The van der Waals surface area contributed by atoms with Crippen molar-refractivity contribution in [1.82, 2.24) is 19.6 Å². The first-order valence-corrected chi connectivity index (χ1v) is 8.39. The van der Waals surface area contributed by atoms with Gasteiger partial charge in [0, 0.05) is 23.0 Å². The molecule has 0 aliphatic heterocycles. The van der Waals surface area contributed by atoms with Crippen LogP contribution in [0.15, 0.2) is 60.7 Å². The molecule has 4 aromatic rings. The van der Waals surface area contributed by atoms with Gasteiger partial charge in [0.2, 0.25) is 0 Å². The first kappa shape index (κ1) is 15.3. The standard InChI is InChI=1S/C20H19N5/c1-3-15-9-11-17(12-10-15)22-18-13-14(2)21-20-23-19(24-25(18)20)16-7-5-4-6-8-16/h4-13,22H,3H2,1-2H3. The second kappa shape index (κ2) is 6.36. The summed E-state index contributed by atoms with van der Waals surface area (Å²) in [5.74, 6) is 2.11. The number of fused-ring (bicyclic) bond motifs is 1. The van der Waals surface area contributed by atoms with E-state index in [1.807, 2.05) is 43.3 Å². The molecular weight excluding hydrogens is 310 g/mol. The maximum Gasteiger partial charge on any atom is 0.254 e. The Morgan fingerprint density at radius 2 is 1.72 bits per heavy atom. The van der Waals surface area contributed by atoms with E-state index < -0.39 is 0 Å². The van der Waals surface area contributed by atoms with E-state index in [4.69, 9.17) is 0 Å². The van der Waals surface area contributed by atoms with Crippen LogP contribution in [0.3, 0.4) is 0 Å². The number of rotatable bonds is 4. The Kier molecular flexibility index (Phi) is 3.90. The molecule has 0 fully saturated rings. The van der Waals surface area contributed by atoms with Gasteiger partial charge in [-0.1, -0.05) is 49.4 Å². The minimum atomic E-state index is 0.589. The van der Waals surface area contributed by atoms with Crippen LogP contribution in [0.1, 0.15) is 18.2 Å². The first-order chi connectivity index (χ1) is 12.2. The highest BCUT2D eigenvalue weighted by Gasteiger charge is 2.11. The monoisotopic (exact) mass is 329 g/mol. The van der Waals surface area contributed by atoms with Gasteiger partial charge in [-0.15, -0.1) is 5.10 Å². The molecule has 0 amide bonds. The van der Waals surface area contributed by atoms with E-state index in [0.29, 0.717) is 11.6 Å². The lowest BCUT2D eigenvalue weighted by Crippen LogP contribution is -2.02. The Bertz CT molecular complexity index is 1000. The number of anilines is 2. The molecule has 25 heavy (non-hydrogen) atoms. The van der Waals surface area contributed by atoms with Crippen LogP contribution >= 0.6 is 0 Å². The fourth-order valence-corrected chi connectivity index (χ4v) is 2.76. The van der Waals surface area contributed by atoms with Gasteiger partial charge in [-0.3, -0.25) is 0 Å². The van der Waals surface area contributed by atoms with Gasteiger partial charge in [-0.2, -0.15) is 9.50 Å². The third-order valence-corrected chi connectivity index (χ3v) is 4.11. The van der Waals surface area contributed by atoms with E-state index in [9.17, 15) is 0 Å². The number of aromatic nitrogens is 4. The lowest BCUT2D eigenvalue weighted by molar-refractivity contribution is 0.940. The van der Waals surface area contributed by atoms with Crippen LogP contribution < -0.4 is 5.32 Å². The number of aryl methyl sites for hydroxylation is 2. The van der Waals surface area contributed by atoms with Crippen LogP contribution in [0, 0.1) is 6.92 Å². The molecule has 0 saturated heterocycles. The Morgan fingerprint density at radius 3 is 2.44 bits per heavy atom. The Hall–Kier alpha value is -3.21. The third kappa shape index (κ3) is 3.08. The van der Waals surface area contributed by atoms with E-state index >= 15 is 0 Å². The number of nitrogens with zero attached hydrogens (tertiary/aromatic N) is 4. The Balaban J connectivity index is 1.76. The summed E-state index contributed by atoms with van der Waals surface area (Å²) >= 11 is 0. The zero-order valence-electron chi connectivity index (χ0n) is 14.3. The quantitative estimate of drug-likeness (QED) is 0.603. The molecule has 0 aliphatic carbocycles. The second-order valence-electron chi connectivity index (χ2n) is 5.97. The van der Waals surface area contributed by atoms with Crippen LogP contribution in [0.4, 0.5) is 11.5 Å². The van der Waals surface area contributed by atoms with Gasteiger partial charge in [-0.05, 0) is 31.0 Å². The van der Waals surface area contributed by atoms with Gasteiger partial charge in [0.05, 0.1) is 0 Å². The normalized spacial score (nSPS) is 11.0. The lowest BCUT2D eigenvalue weighted by atomic mass is 10.1. The van der Waals surface area contributed by atoms with Crippen molar-refractivity contribution in [3.05, 3.63) is 71.9 Å². The zero-order chi connectivity index (χ0) is 17.2. The molecule has 0 spiro atoms. The van der Waals surface area contributed by atoms with Gasteiger partial charge < -0.3 is 5.32 Å². The molecule has 0 aliphatic rings. The van der Waals surface area contributed by atoms with Crippen LogP contribution in [-0.4, -0.2) is 19.6 Å². The molecule has 0 radical (unpaired) electrons. The van der Waals surface area contributed by atoms with Crippen molar-refractivity contribution in [1.29, 1.82) is 0 Å². The average Bonchev–Trinajstić information content (AvgIpc) is 3.07. The highest BCUT2D eigenvalue weighted by atomic mass is 15.4. The molecule has 0 atom stereocenters. The molecule has 0 saturated carbocycles. The fraction of sp³-hybridized carbons (Fsp3) is 0.150. The van der Waals surface area contributed by atoms with Gasteiger partial charge in [0.15, 0.2) is 5.82 Å². The molecule has 5 heteroatoms. The summed E-state index contributed by atoms with van der Waals surface area (Å²) in [5, 5.41) is 8.06. The Labute approximate surface area is 146 Å². The molecule has 2 heterocycles. The van der Waals surface area contributed by atoms with Gasteiger partial charge in [0.1, 0.15) is 5.82 Å². The summed E-state index contributed by atoms with van der Waals surface area (Å²) in [5.41, 5.74) is 4.20. The minimum absolute atomic E-state index is 0.589. The predicted molar refractivity (Wildman–Crippen MR) is 100 cm³/mol. The summed E-state index contributed by atoms with van der Waals surface area (Å²) in [6.07, 6.45) is 1.03. The predicted octanol–water partition coefficient (Wildman–Crippen LogP) is 4.41. The first-order valence-electron chi connectivity index (χ1n) is 8.39. The number of nitrogens with one attached hydrogen (secondary N) is 1. The van der Waals surface area contributed by atoms with E-state index in [2.05, 4.69) is 51.6 Å². The maximum absolute atomic E-state index is 4.63. The summed E-state index contributed by atoms with van der Waals surface area (Å²) < 4.78 is 1.75. The smallest absolute Gasteiger partial charge is 0.254 e. The maximum atomic E-state index is 4.63. The number of benzene rings is 2. The summed E-state index contributed by atoms with van der Waals surface area (Å²) in [4.78, 5) is 9.08. The lowest BCUT2D eigenvalue weighted by Gasteiger charge is -2.09. The molecule has 5 nitrogen and oxygen atoms in total. The average molecular weight is 329 g/mol. The molecular formula is C20H19N5. The van der Waals surface area contributed by atoms with Crippen molar-refractivity contribution < 1.29 is 0 Å². The van der Waals surface area contributed by atoms with Crippen molar-refractivity contribution >= 4 is 17.3 Å². The topological polar surface area (TPSA) is 55.1 Å². The fourth-order valence-electron chi connectivity index (χ4n) is 2.76. The van der Waals surface area contributed by atoms with Crippen LogP contribution in [0.25, 0.3) is 17.2 Å². The zero-order valence-corrected chi connectivity index (χ0v) is 14.3. The highest BCUT2D eigenvalue weighted by Crippen LogP contribution is 2.21. The third-order valence-electron chi connectivity index (χ3n) is 4.11. The molecule has 0 unspecified atom stereocenters. The van der Waals surface area contributed by atoms with Gasteiger partial charge >= 0.3 is 0 Å². The molecule has 0 bridgehead atoms. The van der Waals surface area contributed by atoms with Gasteiger partial charge in [-0.25, -0.2) is 4.98 Å². The van der Waals surface area contributed by atoms with Crippen molar-refractivity contribution in [2.75, 3.05) is 5.32 Å². The highest BCUT2D eigenvalue weighted by molar-refractivity contribution is 5.62. The van der Waals surface area contributed by atoms with E-state index in [-0.39, 0.29) is 0 Å². The Morgan fingerprint density at radius 1 is 0.960 bits per heavy atom. The summed E-state index contributed by atoms with van der Waals surface area (Å²) in [6.45, 7) is 4.11. The minimum Gasteiger partial charge on any atom is -0.340 e. The van der Waals surface area contributed by atoms with E-state index in [1.165, 1.54) is 5.56 Å². The number of hydrogen-bond donors (Lipinski definition) is 1. The van der Waals surface area contributed by atoms with E-state index in [0.717, 1.165) is 29.2 Å². The van der Waals surface area contributed by atoms with E-state index in [1.54, 1.807) is 4.52 Å². The SMILES string of the molecule is CCc1ccc(Nc2cc(C)nc3nc(-c4ccccc4)nn23)cc1. The summed E-state index contributed by atoms with van der Waals surface area (Å²) in [6, 6.07) is 20.3. The van der Waals surface area contributed by atoms with Crippen LogP contribution in [-0.2, 0) is 6.42 Å². The largest absolute Gasteiger partial charge is 0.340 e. The number of hydrogen-bond acceptors (Lipinski definition) is 4. The molecule has 1 N–H and O–H groups in total. The molecule has 2 aromatic heterocycles. The molecule has 2 aromatic carbocycles. The van der Waals surface area contributed by atoms with Crippen LogP contribution in [0.2, 0.25) is 0 Å². The van der Waals surface area contributed by atoms with Crippen molar-refractivity contribution in [2.24, 2.45) is 0 Å². The summed E-state index contributed by atoms with van der Waals surface area (Å²) in [7, 11) is 0. The van der Waals surface area contributed by atoms with Crippen molar-refractivity contribution in [3.63, 3.8) is 0 Å². The molecule has 4 rings (SSSR count). The molecule has 124 valence electrons. The van der Waals surface area contributed by atoms with Crippen LogP contribution in [0.5, 0.6) is 0 Å².